The number of carbonyl (C=O) groups excluding carboxylic acids is 4. The zero-order chi connectivity index (χ0) is 33.4. The molecule has 2 heterocycles. The number of nitrogens with zero attached hydrogens (tertiary/aromatic N) is 1. The lowest BCUT2D eigenvalue weighted by molar-refractivity contribution is -0.172. The van der Waals surface area contributed by atoms with Crippen LogP contribution in [0.15, 0.2) is 30.3 Å². The van der Waals surface area contributed by atoms with Crippen molar-refractivity contribution in [3.63, 3.8) is 0 Å². The Morgan fingerprint density at radius 1 is 0.909 bits per heavy atom. The van der Waals surface area contributed by atoms with E-state index in [-0.39, 0.29) is 17.5 Å². The number of amides is 1. The van der Waals surface area contributed by atoms with Gasteiger partial charge < -0.3 is 19.1 Å². The Labute approximate surface area is 265 Å². The van der Waals surface area contributed by atoms with Crippen molar-refractivity contribution in [2.75, 3.05) is 13.7 Å². The van der Waals surface area contributed by atoms with Crippen LogP contribution in [-0.4, -0.2) is 65.5 Å². The molecule has 0 spiro atoms. The van der Waals surface area contributed by atoms with Crippen molar-refractivity contribution in [2.24, 2.45) is 29.6 Å². The highest BCUT2D eigenvalue weighted by Crippen LogP contribution is 2.43. The van der Waals surface area contributed by atoms with Gasteiger partial charge in [0.2, 0.25) is 0 Å². The van der Waals surface area contributed by atoms with Crippen molar-refractivity contribution in [2.45, 2.75) is 125 Å². The molecule has 0 saturated carbocycles. The van der Waals surface area contributed by atoms with Gasteiger partial charge in [-0.2, -0.15) is 0 Å². The topological polar surface area (TPSA) is 99.2 Å². The van der Waals surface area contributed by atoms with Gasteiger partial charge in [0.05, 0.1) is 11.6 Å². The molecule has 1 aromatic rings. The SMILES string of the molecule is CC.CC[C@H]1OC(=O)[C@H](C)C(=O)[C@H](C)[C@@H](C)[C@](C)(OC)C[C@@H](C)C(=O)[C@H](C)[C@H]2N(CCCCc3ccccc3)C(=O)O[C@]12C. The van der Waals surface area contributed by atoms with Gasteiger partial charge in [-0.15, -0.1) is 0 Å². The van der Waals surface area contributed by atoms with Crippen molar-refractivity contribution >= 4 is 23.6 Å². The quantitative estimate of drug-likeness (QED) is 0.184. The van der Waals surface area contributed by atoms with Crippen LogP contribution in [0.2, 0.25) is 0 Å². The molecule has 0 N–H and O–H groups in total. The van der Waals surface area contributed by atoms with Crippen LogP contribution >= 0.6 is 0 Å². The van der Waals surface area contributed by atoms with Gasteiger partial charge in [0, 0.05) is 31.4 Å². The summed E-state index contributed by atoms with van der Waals surface area (Å²) in [5.74, 6) is -3.65. The summed E-state index contributed by atoms with van der Waals surface area (Å²) in [4.78, 5) is 56.1. The monoisotopic (exact) mass is 615 g/mol. The van der Waals surface area contributed by atoms with Crippen molar-refractivity contribution in [3.05, 3.63) is 35.9 Å². The minimum atomic E-state index is -1.27. The lowest BCUT2D eigenvalue weighted by Gasteiger charge is -2.43. The number of hydrogen-bond acceptors (Lipinski definition) is 7. The Hall–Kier alpha value is -2.74. The first-order valence-corrected chi connectivity index (χ1v) is 16.6. The predicted molar refractivity (Wildman–Crippen MR) is 172 cm³/mol. The molecule has 0 radical (unpaired) electrons. The third kappa shape index (κ3) is 7.91. The molecule has 0 bridgehead atoms. The number of aryl methyl sites for hydroxylation is 1. The van der Waals surface area contributed by atoms with Crippen LogP contribution in [-0.2, 0) is 35.0 Å². The van der Waals surface area contributed by atoms with Gasteiger partial charge in [-0.25, -0.2) is 4.79 Å². The van der Waals surface area contributed by atoms with Crippen LogP contribution in [0.3, 0.4) is 0 Å². The lowest BCUT2D eigenvalue weighted by Crippen LogP contribution is -2.58. The number of Topliss-reactive ketones (excluding diaryl/α,β-unsaturated/α-hetero) is 2. The molecule has 248 valence electrons. The summed E-state index contributed by atoms with van der Waals surface area (Å²) in [6, 6.07) is 9.54. The molecule has 8 nitrogen and oxygen atoms in total. The van der Waals surface area contributed by atoms with Gasteiger partial charge in [-0.05, 0) is 64.4 Å². The van der Waals surface area contributed by atoms with E-state index in [0.29, 0.717) is 19.4 Å². The summed E-state index contributed by atoms with van der Waals surface area (Å²) >= 11 is 0. The molecule has 2 aliphatic heterocycles. The number of carbonyl (C=O) groups is 4. The van der Waals surface area contributed by atoms with E-state index in [9.17, 15) is 19.2 Å². The first-order chi connectivity index (χ1) is 20.7. The van der Waals surface area contributed by atoms with Gasteiger partial charge in [-0.3, -0.25) is 14.4 Å². The molecule has 2 aliphatic rings. The number of ether oxygens (including phenoxy) is 3. The van der Waals surface area contributed by atoms with Crippen LogP contribution < -0.4 is 0 Å². The molecule has 0 aromatic heterocycles. The third-order valence-corrected chi connectivity index (χ3v) is 10.2. The summed E-state index contributed by atoms with van der Waals surface area (Å²) < 4.78 is 18.0. The predicted octanol–water partition coefficient (Wildman–Crippen LogP) is 7.06. The number of esters is 1. The van der Waals surface area contributed by atoms with Gasteiger partial charge >= 0.3 is 12.1 Å². The van der Waals surface area contributed by atoms with Crippen LogP contribution in [0.25, 0.3) is 0 Å². The zero-order valence-electron chi connectivity index (χ0n) is 29.0. The van der Waals surface area contributed by atoms with Crippen LogP contribution in [0.5, 0.6) is 0 Å². The first kappa shape index (κ1) is 37.4. The highest BCUT2D eigenvalue weighted by Gasteiger charge is 2.60. The zero-order valence-corrected chi connectivity index (χ0v) is 29.0. The Kier molecular flexibility index (Phi) is 13.6. The number of unbranched alkanes of at least 4 members (excludes halogenated alkanes) is 1. The molecule has 1 aromatic carbocycles. The smallest absolute Gasteiger partial charge is 0.410 e. The summed E-state index contributed by atoms with van der Waals surface area (Å²) in [5, 5.41) is 0. The molecular formula is C36H57NO7. The fourth-order valence-electron chi connectivity index (χ4n) is 7.14. The molecule has 1 amide bonds. The summed E-state index contributed by atoms with van der Waals surface area (Å²) in [6.45, 7) is 19.0. The second-order valence-corrected chi connectivity index (χ2v) is 13.0. The van der Waals surface area contributed by atoms with Gasteiger partial charge in [0.25, 0.3) is 0 Å². The molecule has 44 heavy (non-hydrogen) atoms. The molecule has 3 rings (SSSR count). The Morgan fingerprint density at radius 3 is 2.09 bits per heavy atom. The number of benzene rings is 1. The van der Waals surface area contributed by atoms with Crippen LogP contribution in [0.1, 0.15) is 100 Å². The second kappa shape index (κ2) is 16.0. The second-order valence-electron chi connectivity index (χ2n) is 13.0. The van der Waals surface area contributed by atoms with Gasteiger partial charge in [0.15, 0.2) is 5.60 Å². The number of ketones is 2. The van der Waals surface area contributed by atoms with Crippen LogP contribution in [0.4, 0.5) is 4.79 Å². The average molecular weight is 616 g/mol. The average Bonchev–Trinajstić information content (AvgIpc) is 3.29. The lowest BCUT2D eigenvalue weighted by atomic mass is 9.70. The van der Waals surface area contributed by atoms with E-state index in [0.717, 1.165) is 19.3 Å². The summed E-state index contributed by atoms with van der Waals surface area (Å²) in [6.07, 6.45) is 1.90. The molecule has 8 heteroatoms. The van der Waals surface area contributed by atoms with E-state index >= 15 is 0 Å². The summed E-state index contributed by atoms with van der Waals surface area (Å²) in [5.41, 5.74) is -0.828. The van der Waals surface area contributed by atoms with Crippen molar-refractivity contribution < 1.29 is 33.4 Å². The van der Waals surface area contributed by atoms with Crippen LogP contribution in [0, 0.1) is 29.6 Å². The van der Waals surface area contributed by atoms with E-state index in [4.69, 9.17) is 14.2 Å². The van der Waals surface area contributed by atoms with E-state index in [1.165, 1.54) is 5.56 Å². The molecule has 2 saturated heterocycles. The standard InChI is InChI=1S/C34H51NO7.C2H6/c1-10-27-34(8)30(35(32(39)42-34)19-15-14-18-26-16-12-11-13-17-26)23(4)28(36)21(2)20-33(7,40-9)25(6)22(3)29(37)24(5)31(38)41-27;1-2/h11-13,16-17,21-25,27,30H,10,14-15,18-20H2,1-9H3;1-2H3/t21-,22-,23+,24-,25-,27-,30-,33-,34-;/m1./s1. The van der Waals surface area contributed by atoms with Crippen molar-refractivity contribution in [1.82, 2.24) is 4.90 Å². The number of hydrogen-bond donors (Lipinski definition) is 0. The maximum atomic E-state index is 14.1. The summed E-state index contributed by atoms with van der Waals surface area (Å²) in [7, 11) is 1.60. The van der Waals surface area contributed by atoms with Gasteiger partial charge in [-0.1, -0.05) is 78.8 Å². The minimum absolute atomic E-state index is 0.0140. The number of cyclic esters (lactones) is 1. The van der Waals surface area contributed by atoms with Gasteiger partial charge in [0.1, 0.15) is 23.6 Å². The molecule has 2 fully saturated rings. The Morgan fingerprint density at radius 2 is 1.52 bits per heavy atom. The molecule has 9 atom stereocenters. The van der Waals surface area contributed by atoms with E-state index in [1.807, 2.05) is 66.7 Å². The minimum Gasteiger partial charge on any atom is -0.458 e. The fourth-order valence-corrected chi connectivity index (χ4v) is 7.14. The molecular weight excluding hydrogens is 558 g/mol. The maximum Gasteiger partial charge on any atom is 0.410 e. The Balaban J connectivity index is 0.00000330. The first-order valence-electron chi connectivity index (χ1n) is 16.6. The third-order valence-electron chi connectivity index (χ3n) is 10.2. The number of methoxy groups -OCH3 is 1. The van der Waals surface area contributed by atoms with E-state index in [1.54, 1.807) is 32.8 Å². The highest BCUT2D eigenvalue weighted by atomic mass is 16.6. The maximum absolute atomic E-state index is 14.1. The normalized spacial score (nSPS) is 35.2. The van der Waals surface area contributed by atoms with E-state index < -0.39 is 59.1 Å². The largest absolute Gasteiger partial charge is 0.458 e. The highest BCUT2D eigenvalue weighted by molar-refractivity contribution is 6.00. The van der Waals surface area contributed by atoms with Crippen molar-refractivity contribution in [1.29, 1.82) is 0 Å². The number of fused-ring (bicyclic) bond motifs is 1. The van der Waals surface area contributed by atoms with Crippen molar-refractivity contribution in [3.8, 4) is 0 Å². The number of rotatable bonds is 7. The Bertz CT molecular complexity index is 1120. The van der Waals surface area contributed by atoms with E-state index in [2.05, 4.69) is 12.1 Å². The molecule has 0 aliphatic carbocycles. The fraction of sp³-hybridized carbons (Fsp3) is 0.722. The molecule has 0 unspecified atom stereocenters.